The van der Waals surface area contributed by atoms with E-state index in [4.69, 9.17) is 11.5 Å². The van der Waals surface area contributed by atoms with E-state index in [-0.39, 0.29) is 17.8 Å². The third kappa shape index (κ3) is 2.25. The first-order valence-corrected chi connectivity index (χ1v) is 4.83. The highest BCUT2D eigenvalue weighted by Gasteiger charge is 2.20. The Balaban J connectivity index is 2.89. The van der Waals surface area contributed by atoms with Crippen molar-refractivity contribution in [2.45, 2.75) is 25.9 Å². The fourth-order valence-corrected chi connectivity index (χ4v) is 1.39. The van der Waals surface area contributed by atoms with Crippen LogP contribution in [0.5, 0.6) is 5.75 Å². The Morgan fingerprint density at radius 2 is 1.71 bits per heavy atom. The number of benzene rings is 1. The van der Waals surface area contributed by atoms with E-state index >= 15 is 0 Å². The van der Waals surface area contributed by atoms with Gasteiger partial charge in [0, 0.05) is 17.6 Å². The molecule has 0 radical (unpaired) electrons. The lowest BCUT2D eigenvalue weighted by atomic mass is 9.92. The van der Waals surface area contributed by atoms with Gasteiger partial charge in [-0.3, -0.25) is 0 Å². The minimum absolute atomic E-state index is 0.136. The molecule has 0 aliphatic carbocycles. The van der Waals surface area contributed by atoms with Crippen LogP contribution >= 0.6 is 0 Å². The first-order chi connectivity index (χ1) is 6.54. The third-order valence-corrected chi connectivity index (χ3v) is 2.48. The van der Waals surface area contributed by atoms with Gasteiger partial charge in [0.1, 0.15) is 5.75 Å². The van der Waals surface area contributed by atoms with Gasteiger partial charge in [-0.25, -0.2) is 0 Å². The zero-order valence-electron chi connectivity index (χ0n) is 8.64. The van der Waals surface area contributed by atoms with Gasteiger partial charge in [0.05, 0.1) is 0 Å². The summed E-state index contributed by atoms with van der Waals surface area (Å²) >= 11 is 0. The lowest BCUT2D eigenvalue weighted by molar-refractivity contribution is 0.403. The van der Waals surface area contributed by atoms with Crippen molar-refractivity contribution in [3.63, 3.8) is 0 Å². The van der Waals surface area contributed by atoms with Crippen molar-refractivity contribution in [2.75, 3.05) is 0 Å². The molecule has 3 heteroatoms. The monoisotopic (exact) mass is 194 g/mol. The largest absolute Gasteiger partial charge is 0.508 e. The van der Waals surface area contributed by atoms with Crippen molar-refractivity contribution in [1.82, 2.24) is 0 Å². The molecular formula is C11H18N2O. The normalized spacial score (nSPS) is 15.5. The lowest BCUT2D eigenvalue weighted by Gasteiger charge is -2.24. The van der Waals surface area contributed by atoms with Crippen LogP contribution < -0.4 is 11.5 Å². The molecule has 0 amide bonds. The maximum absolute atomic E-state index is 9.58. The Hall–Kier alpha value is -1.06. The predicted octanol–water partition coefficient (Wildman–Crippen LogP) is 1.38. The molecule has 1 aromatic rings. The van der Waals surface area contributed by atoms with Gasteiger partial charge in [-0.2, -0.15) is 0 Å². The molecule has 2 atom stereocenters. The van der Waals surface area contributed by atoms with E-state index in [2.05, 4.69) is 0 Å². The summed E-state index contributed by atoms with van der Waals surface area (Å²) in [6.07, 6.45) is 0. The molecule has 0 aliphatic heterocycles. The van der Waals surface area contributed by atoms with Gasteiger partial charge < -0.3 is 16.6 Å². The third-order valence-electron chi connectivity index (χ3n) is 2.48. The van der Waals surface area contributed by atoms with Crippen LogP contribution in [0.15, 0.2) is 24.3 Å². The van der Waals surface area contributed by atoms with Crippen molar-refractivity contribution < 1.29 is 5.11 Å². The van der Waals surface area contributed by atoms with Crippen molar-refractivity contribution >= 4 is 0 Å². The minimum atomic E-state index is -0.309. The van der Waals surface area contributed by atoms with Crippen LogP contribution in [0.25, 0.3) is 0 Å². The standard InChI is InChI=1S/C11H18N2O/c1-7(2)10(12)11(13)8-5-3-4-6-9(8)14/h3-7,10-11,14H,12-13H2,1-2H3/t10-,11-/m0/s1. The van der Waals surface area contributed by atoms with E-state index in [1.54, 1.807) is 12.1 Å². The Kier molecular flexibility index (Phi) is 3.49. The van der Waals surface area contributed by atoms with E-state index in [0.29, 0.717) is 11.5 Å². The molecule has 0 fully saturated rings. The summed E-state index contributed by atoms with van der Waals surface area (Å²) in [6, 6.07) is 6.61. The fourth-order valence-electron chi connectivity index (χ4n) is 1.39. The second-order valence-corrected chi connectivity index (χ2v) is 3.91. The molecule has 0 saturated heterocycles. The minimum Gasteiger partial charge on any atom is -0.508 e. The first-order valence-electron chi connectivity index (χ1n) is 4.83. The van der Waals surface area contributed by atoms with Crippen molar-refractivity contribution in [2.24, 2.45) is 17.4 Å². The summed E-state index contributed by atoms with van der Waals surface area (Å²) < 4.78 is 0. The molecule has 0 bridgehead atoms. The van der Waals surface area contributed by atoms with Crippen molar-refractivity contribution in [1.29, 1.82) is 0 Å². The van der Waals surface area contributed by atoms with Crippen LogP contribution in [0, 0.1) is 5.92 Å². The molecule has 0 heterocycles. The Morgan fingerprint density at radius 3 is 2.21 bits per heavy atom. The molecule has 0 aliphatic rings. The molecule has 0 spiro atoms. The fraction of sp³-hybridized carbons (Fsp3) is 0.455. The highest BCUT2D eigenvalue weighted by atomic mass is 16.3. The van der Waals surface area contributed by atoms with Crippen LogP contribution in [0.3, 0.4) is 0 Å². The van der Waals surface area contributed by atoms with Gasteiger partial charge >= 0.3 is 0 Å². The molecule has 0 unspecified atom stereocenters. The molecule has 0 aromatic heterocycles. The van der Waals surface area contributed by atoms with E-state index < -0.39 is 0 Å². The number of rotatable bonds is 3. The first kappa shape index (κ1) is 11.0. The molecule has 3 nitrogen and oxygen atoms in total. The molecule has 78 valence electrons. The summed E-state index contributed by atoms with van der Waals surface area (Å²) in [4.78, 5) is 0. The van der Waals surface area contributed by atoms with Gasteiger partial charge in [-0.05, 0) is 12.0 Å². The second-order valence-electron chi connectivity index (χ2n) is 3.91. The van der Waals surface area contributed by atoms with Crippen molar-refractivity contribution in [3.8, 4) is 5.75 Å². The number of phenols is 1. The average molecular weight is 194 g/mol. The maximum Gasteiger partial charge on any atom is 0.120 e. The van der Waals surface area contributed by atoms with Gasteiger partial charge in [-0.15, -0.1) is 0 Å². The van der Waals surface area contributed by atoms with Crippen LogP contribution in [0.2, 0.25) is 0 Å². The lowest BCUT2D eigenvalue weighted by Crippen LogP contribution is -2.38. The predicted molar refractivity (Wildman–Crippen MR) is 57.8 cm³/mol. The Labute approximate surface area is 84.7 Å². The second kappa shape index (κ2) is 4.44. The smallest absolute Gasteiger partial charge is 0.120 e. The maximum atomic E-state index is 9.58. The summed E-state index contributed by atoms with van der Waals surface area (Å²) in [5, 5.41) is 9.58. The zero-order chi connectivity index (χ0) is 10.7. The van der Waals surface area contributed by atoms with Crippen LogP contribution in [0.4, 0.5) is 0 Å². The quantitative estimate of drug-likeness (QED) is 0.680. The molecule has 5 N–H and O–H groups in total. The molecule has 1 rings (SSSR count). The van der Waals surface area contributed by atoms with E-state index in [1.807, 2.05) is 26.0 Å². The number of nitrogens with two attached hydrogens (primary N) is 2. The number of phenolic OH excluding ortho intramolecular Hbond substituents is 1. The summed E-state index contributed by atoms with van der Waals surface area (Å²) in [6.45, 7) is 4.04. The topological polar surface area (TPSA) is 72.3 Å². The van der Waals surface area contributed by atoms with E-state index in [1.165, 1.54) is 0 Å². The van der Waals surface area contributed by atoms with Gasteiger partial charge in [0.25, 0.3) is 0 Å². The molecular weight excluding hydrogens is 176 g/mol. The van der Waals surface area contributed by atoms with Gasteiger partial charge in [0.15, 0.2) is 0 Å². The molecule has 14 heavy (non-hydrogen) atoms. The number of para-hydroxylation sites is 1. The van der Waals surface area contributed by atoms with Crippen LogP contribution in [0.1, 0.15) is 25.5 Å². The highest BCUT2D eigenvalue weighted by Crippen LogP contribution is 2.25. The molecule has 1 aromatic carbocycles. The summed E-state index contributed by atoms with van der Waals surface area (Å²) in [5.41, 5.74) is 12.6. The number of aromatic hydroxyl groups is 1. The van der Waals surface area contributed by atoms with Gasteiger partial charge in [0.2, 0.25) is 0 Å². The summed E-state index contributed by atoms with van der Waals surface area (Å²) in [7, 11) is 0. The van der Waals surface area contributed by atoms with E-state index in [0.717, 1.165) is 0 Å². The number of hydrogen-bond donors (Lipinski definition) is 3. The van der Waals surface area contributed by atoms with Crippen molar-refractivity contribution in [3.05, 3.63) is 29.8 Å². The Bertz CT molecular complexity index is 299. The summed E-state index contributed by atoms with van der Waals surface area (Å²) in [5.74, 6) is 0.515. The zero-order valence-corrected chi connectivity index (χ0v) is 8.64. The van der Waals surface area contributed by atoms with E-state index in [9.17, 15) is 5.11 Å². The highest BCUT2D eigenvalue weighted by molar-refractivity contribution is 5.35. The van der Waals surface area contributed by atoms with Gasteiger partial charge in [-0.1, -0.05) is 32.0 Å². The average Bonchev–Trinajstić information content (AvgIpc) is 2.16. The molecule has 0 saturated carbocycles. The Morgan fingerprint density at radius 1 is 1.14 bits per heavy atom. The SMILES string of the molecule is CC(C)[C@H](N)[C@@H](N)c1ccccc1O. The van der Waals surface area contributed by atoms with Crippen LogP contribution in [-0.4, -0.2) is 11.1 Å². The number of hydrogen-bond acceptors (Lipinski definition) is 3. The van der Waals surface area contributed by atoms with Crippen LogP contribution in [-0.2, 0) is 0 Å².